The lowest BCUT2D eigenvalue weighted by Gasteiger charge is -2.01. The molecule has 0 aromatic carbocycles. The third-order valence-electron chi connectivity index (χ3n) is 3.43. The maximum absolute atomic E-state index is 4.11. The summed E-state index contributed by atoms with van der Waals surface area (Å²) in [5.74, 6) is 0. The molecule has 0 fully saturated rings. The summed E-state index contributed by atoms with van der Waals surface area (Å²) in [5.41, 5.74) is 0. The van der Waals surface area contributed by atoms with Gasteiger partial charge in [-0.1, -0.05) is 63.3 Å². The van der Waals surface area contributed by atoms with Gasteiger partial charge in [0, 0.05) is 6.07 Å². The topological polar surface area (TPSA) is 16.8 Å². The van der Waals surface area contributed by atoms with Crippen molar-refractivity contribution < 1.29 is 21.5 Å². The Balaban J connectivity index is 0.00000324. The molecule has 1 rings (SSSR count). The summed E-state index contributed by atoms with van der Waals surface area (Å²) in [5, 5.41) is 0. The van der Waals surface area contributed by atoms with Crippen LogP contribution in [0.3, 0.4) is 0 Å². The molecule has 0 aliphatic heterocycles. The van der Waals surface area contributed by atoms with E-state index in [2.05, 4.69) is 22.7 Å². The molecule has 19 heavy (non-hydrogen) atoms. The van der Waals surface area contributed by atoms with Crippen LogP contribution in [0.25, 0.3) is 0 Å². The Morgan fingerprint density at radius 2 is 1.42 bits per heavy atom. The molecule has 110 valence electrons. The van der Waals surface area contributed by atoms with E-state index in [0.717, 1.165) is 6.54 Å². The van der Waals surface area contributed by atoms with Crippen molar-refractivity contribution in [1.82, 2.24) is 4.98 Å². The second-order valence-corrected chi connectivity index (χ2v) is 5.17. The molecule has 0 aliphatic rings. The number of hydrogen-bond donors (Lipinski definition) is 0. The number of unbranched alkanes of at least 4 members (excludes halogenated alkanes) is 9. The third-order valence-corrected chi connectivity index (χ3v) is 3.43. The molecule has 0 bridgehead atoms. The van der Waals surface area contributed by atoms with Crippen LogP contribution in [0.4, 0.5) is 0 Å². The van der Waals surface area contributed by atoms with Gasteiger partial charge in [-0.05, 0) is 12.8 Å². The Morgan fingerprint density at radius 3 is 1.95 bits per heavy atom. The number of halogens is 1. The van der Waals surface area contributed by atoms with Crippen molar-refractivity contribution in [1.29, 1.82) is 0 Å². The molecule has 0 saturated heterocycles. The van der Waals surface area contributed by atoms with Gasteiger partial charge in [0.15, 0.2) is 0 Å². The Labute approximate surface area is 129 Å². The molecule has 0 amide bonds. The number of aromatic nitrogens is 2. The molecule has 0 aliphatic carbocycles. The lowest BCUT2D eigenvalue weighted by molar-refractivity contribution is -0.700. The number of aryl methyl sites for hydroxylation is 1. The highest BCUT2D eigenvalue weighted by molar-refractivity contribution is 4.68. The van der Waals surface area contributed by atoms with E-state index >= 15 is 0 Å². The zero-order valence-electron chi connectivity index (χ0n) is 12.4. The van der Waals surface area contributed by atoms with Crippen molar-refractivity contribution in [3.8, 4) is 0 Å². The van der Waals surface area contributed by atoms with Crippen LogP contribution in [0.1, 0.15) is 71.1 Å². The molecular weight excluding hydrogens is 300 g/mol. The summed E-state index contributed by atoms with van der Waals surface area (Å²) >= 11 is 0. The lowest BCUT2D eigenvalue weighted by atomic mass is 10.1. The molecule has 3 heteroatoms. The zero-order valence-corrected chi connectivity index (χ0v) is 13.9. The molecule has 1 heterocycles. The predicted molar refractivity (Wildman–Crippen MR) is 76.3 cm³/mol. The van der Waals surface area contributed by atoms with E-state index in [1.165, 1.54) is 64.2 Å². The van der Waals surface area contributed by atoms with E-state index < -0.39 is 0 Å². The first-order valence-corrected chi connectivity index (χ1v) is 7.72. The van der Waals surface area contributed by atoms with Crippen molar-refractivity contribution in [2.75, 3.05) is 0 Å². The molecular formula is C16H29BrN2. The summed E-state index contributed by atoms with van der Waals surface area (Å²) in [4.78, 5) is 4.11. The summed E-state index contributed by atoms with van der Waals surface area (Å²) in [6.45, 7) is 3.39. The average molecular weight is 329 g/mol. The lowest BCUT2D eigenvalue weighted by Crippen LogP contribution is -3.00. The highest BCUT2D eigenvalue weighted by Gasteiger charge is 1.96. The molecule has 0 spiro atoms. The molecule has 0 radical (unpaired) electrons. The van der Waals surface area contributed by atoms with Gasteiger partial charge in [0.1, 0.15) is 6.20 Å². The molecule has 0 atom stereocenters. The molecule has 0 N–H and O–H groups in total. The molecule has 0 saturated carbocycles. The Bertz CT molecular complexity index is 277. The van der Waals surface area contributed by atoms with Crippen molar-refractivity contribution in [3.05, 3.63) is 24.8 Å². The summed E-state index contributed by atoms with van der Waals surface area (Å²) in [6, 6.07) is 2.00. The van der Waals surface area contributed by atoms with Gasteiger partial charge < -0.3 is 17.0 Å². The highest BCUT2D eigenvalue weighted by Crippen LogP contribution is 2.10. The van der Waals surface area contributed by atoms with Gasteiger partial charge in [-0.25, -0.2) is 4.57 Å². The van der Waals surface area contributed by atoms with Gasteiger partial charge in [-0.2, -0.15) is 0 Å². The third kappa shape index (κ3) is 11.1. The maximum Gasteiger partial charge on any atom is 0.286 e. The van der Waals surface area contributed by atoms with E-state index in [1.807, 2.05) is 18.6 Å². The number of rotatable bonds is 11. The highest BCUT2D eigenvalue weighted by atomic mass is 79.9. The monoisotopic (exact) mass is 328 g/mol. The summed E-state index contributed by atoms with van der Waals surface area (Å²) < 4.78 is 2.17. The van der Waals surface area contributed by atoms with Gasteiger partial charge in [-0.15, -0.1) is 0 Å². The minimum Gasteiger partial charge on any atom is -1.00 e. The van der Waals surface area contributed by atoms with Crippen molar-refractivity contribution in [2.45, 2.75) is 77.7 Å². The molecule has 1 aromatic rings. The van der Waals surface area contributed by atoms with E-state index in [1.54, 1.807) is 0 Å². The van der Waals surface area contributed by atoms with Crippen molar-refractivity contribution >= 4 is 0 Å². The summed E-state index contributed by atoms with van der Waals surface area (Å²) in [6.07, 6.45) is 19.8. The van der Waals surface area contributed by atoms with Crippen LogP contribution in [-0.4, -0.2) is 4.98 Å². The van der Waals surface area contributed by atoms with Gasteiger partial charge in [0.2, 0.25) is 0 Å². The van der Waals surface area contributed by atoms with E-state index in [9.17, 15) is 0 Å². The van der Waals surface area contributed by atoms with E-state index in [4.69, 9.17) is 0 Å². The normalized spacial score (nSPS) is 10.2. The Morgan fingerprint density at radius 1 is 0.842 bits per heavy atom. The Kier molecular flexibility index (Phi) is 13.7. The van der Waals surface area contributed by atoms with E-state index in [0.29, 0.717) is 0 Å². The fourth-order valence-electron chi connectivity index (χ4n) is 2.28. The second-order valence-electron chi connectivity index (χ2n) is 5.17. The van der Waals surface area contributed by atoms with Crippen LogP contribution in [-0.2, 0) is 6.54 Å². The second kappa shape index (κ2) is 14.0. The van der Waals surface area contributed by atoms with Crippen LogP contribution < -0.4 is 21.5 Å². The van der Waals surface area contributed by atoms with E-state index in [-0.39, 0.29) is 17.0 Å². The predicted octanol–water partition coefficient (Wildman–Crippen LogP) is 1.29. The Hall–Kier alpha value is -0.440. The average Bonchev–Trinajstić information content (AvgIpc) is 2.42. The molecule has 0 unspecified atom stereocenters. The van der Waals surface area contributed by atoms with Crippen molar-refractivity contribution in [2.24, 2.45) is 0 Å². The van der Waals surface area contributed by atoms with Gasteiger partial charge >= 0.3 is 0 Å². The summed E-state index contributed by atoms with van der Waals surface area (Å²) in [7, 11) is 0. The molecule has 1 aromatic heterocycles. The van der Waals surface area contributed by atoms with Gasteiger partial charge in [-0.3, -0.25) is 0 Å². The minimum absolute atomic E-state index is 0. The number of hydrogen-bond acceptors (Lipinski definition) is 1. The largest absolute Gasteiger partial charge is 1.00 e. The first-order valence-electron chi connectivity index (χ1n) is 7.72. The standard InChI is InChI=1S/C16H29N2.BrH/c1-2-3-4-5-6-7-8-9-10-11-14-18-15-12-13-17-16-18;/h12-13,15-16H,2-11,14H2,1H3;1H/q+1;/p-1. The molecule has 2 nitrogen and oxygen atoms in total. The maximum atomic E-state index is 4.11. The zero-order chi connectivity index (χ0) is 12.9. The SMILES string of the molecule is CCCCCCCCCCCC[n+]1cccnc1.[Br-]. The smallest absolute Gasteiger partial charge is 0.286 e. The van der Waals surface area contributed by atoms with Crippen LogP contribution in [0.5, 0.6) is 0 Å². The van der Waals surface area contributed by atoms with Crippen molar-refractivity contribution in [3.63, 3.8) is 0 Å². The number of nitrogens with zero attached hydrogens (tertiary/aromatic N) is 2. The fraction of sp³-hybridized carbons (Fsp3) is 0.750. The quantitative estimate of drug-likeness (QED) is 0.442. The van der Waals surface area contributed by atoms with Crippen LogP contribution in [0.2, 0.25) is 0 Å². The minimum atomic E-state index is 0. The fourth-order valence-corrected chi connectivity index (χ4v) is 2.28. The van der Waals surface area contributed by atoms with Gasteiger partial charge in [0.05, 0.1) is 12.7 Å². The first kappa shape index (κ1) is 18.6. The van der Waals surface area contributed by atoms with Crippen LogP contribution >= 0.6 is 0 Å². The van der Waals surface area contributed by atoms with Crippen LogP contribution in [0, 0.1) is 0 Å². The van der Waals surface area contributed by atoms with Gasteiger partial charge in [0.25, 0.3) is 6.33 Å². The van der Waals surface area contributed by atoms with Crippen LogP contribution in [0.15, 0.2) is 24.8 Å². The first-order chi connectivity index (χ1) is 8.93.